The highest BCUT2D eigenvalue weighted by Crippen LogP contribution is 2.39. The molecular weight excluding hydrogens is 354 g/mol. The van der Waals surface area contributed by atoms with Crippen molar-refractivity contribution in [2.75, 3.05) is 19.6 Å². The van der Waals surface area contributed by atoms with E-state index >= 15 is 0 Å². The maximum absolute atomic E-state index is 13.3. The molecule has 2 aromatic rings. The van der Waals surface area contributed by atoms with Gasteiger partial charge in [0.05, 0.1) is 18.8 Å². The molecule has 0 amide bonds. The van der Waals surface area contributed by atoms with E-state index in [4.69, 9.17) is 4.74 Å². The summed E-state index contributed by atoms with van der Waals surface area (Å²) in [6.45, 7) is 1.89. The average Bonchev–Trinajstić information content (AvgIpc) is 3.12. The van der Waals surface area contributed by atoms with Crippen LogP contribution in [-0.4, -0.2) is 46.5 Å². The summed E-state index contributed by atoms with van der Waals surface area (Å²) in [6, 6.07) is 6.21. The number of ketones is 1. The fourth-order valence-corrected chi connectivity index (χ4v) is 4.19. The topological polar surface area (TPSA) is 62.7 Å². The number of nitrogens with zero attached hydrogens (tertiary/aromatic N) is 2. The molecule has 0 radical (unpaired) electrons. The van der Waals surface area contributed by atoms with E-state index in [2.05, 4.69) is 9.88 Å². The summed E-state index contributed by atoms with van der Waals surface area (Å²) in [5, 5.41) is 9.25. The Morgan fingerprint density at radius 1 is 1.15 bits per heavy atom. The van der Waals surface area contributed by atoms with Crippen molar-refractivity contribution >= 4 is 5.78 Å². The third kappa shape index (κ3) is 4.08. The van der Waals surface area contributed by atoms with Crippen molar-refractivity contribution in [3.05, 3.63) is 53.9 Å². The molecule has 1 saturated carbocycles. The minimum absolute atomic E-state index is 0.0338. The molecule has 1 aromatic heterocycles. The van der Waals surface area contributed by atoms with Gasteiger partial charge in [-0.05, 0) is 36.8 Å². The molecule has 1 aliphatic heterocycles. The van der Waals surface area contributed by atoms with Gasteiger partial charge in [-0.2, -0.15) is 0 Å². The fraction of sp³-hybridized carbons (Fsp3) is 0.400. The second kappa shape index (κ2) is 7.23. The van der Waals surface area contributed by atoms with Crippen molar-refractivity contribution in [3.8, 4) is 11.5 Å². The number of likely N-dealkylation sites (tertiary alicyclic amines) is 1. The number of halogens is 2. The van der Waals surface area contributed by atoms with Gasteiger partial charge in [-0.25, -0.2) is 13.8 Å². The molecule has 1 saturated heterocycles. The molecule has 2 heterocycles. The summed E-state index contributed by atoms with van der Waals surface area (Å²) in [7, 11) is 0. The van der Waals surface area contributed by atoms with Crippen LogP contribution in [0.25, 0.3) is 0 Å². The molecule has 2 fully saturated rings. The lowest BCUT2D eigenvalue weighted by atomic mass is 10.0. The summed E-state index contributed by atoms with van der Waals surface area (Å²) in [6.07, 6.45) is 2.83. The highest BCUT2D eigenvalue weighted by atomic mass is 19.1. The monoisotopic (exact) mass is 374 g/mol. The molecule has 4 rings (SSSR count). The largest absolute Gasteiger partial charge is 0.506 e. The number of rotatable bonds is 5. The molecule has 2 aliphatic rings. The zero-order valence-corrected chi connectivity index (χ0v) is 14.6. The minimum atomic E-state index is -0.643. The number of Topliss-reactive ketones (excluding diaryl/α,β-unsaturated/α-hetero) is 1. The van der Waals surface area contributed by atoms with Crippen molar-refractivity contribution in [1.82, 2.24) is 9.88 Å². The van der Waals surface area contributed by atoms with Crippen LogP contribution in [0.15, 0.2) is 36.5 Å². The highest BCUT2D eigenvalue weighted by molar-refractivity contribution is 5.95. The molecule has 0 bridgehead atoms. The Morgan fingerprint density at radius 2 is 1.81 bits per heavy atom. The maximum Gasteiger partial charge on any atom is 0.195 e. The zero-order valence-electron chi connectivity index (χ0n) is 14.6. The molecule has 7 heteroatoms. The number of fused-ring (bicyclic) bond motifs is 1. The summed E-state index contributed by atoms with van der Waals surface area (Å²) < 4.78 is 32.4. The van der Waals surface area contributed by atoms with Crippen molar-refractivity contribution < 1.29 is 23.4 Å². The third-order valence-electron chi connectivity index (χ3n) is 5.32. The number of hydrogen-bond donors (Lipinski definition) is 1. The van der Waals surface area contributed by atoms with E-state index in [-0.39, 0.29) is 23.4 Å². The lowest BCUT2D eigenvalue weighted by molar-refractivity contribution is 0.0932. The van der Waals surface area contributed by atoms with E-state index in [1.54, 1.807) is 0 Å². The van der Waals surface area contributed by atoms with E-state index in [9.17, 15) is 18.7 Å². The van der Waals surface area contributed by atoms with Gasteiger partial charge in [0.15, 0.2) is 5.78 Å². The lowest BCUT2D eigenvalue weighted by Gasteiger charge is -2.19. The highest BCUT2D eigenvalue weighted by Gasteiger charge is 2.42. The molecule has 142 valence electrons. The Labute approximate surface area is 155 Å². The minimum Gasteiger partial charge on any atom is -0.506 e. The normalized spacial score (nSPS) is 24.7. The molecule has 1 aliphatic carbocycles. The predicted molar refractivity (Wildman–Crippen MR) is 93.7 cm³/mol. The van der Waals surface area contributed by atoms with Crippen molar-refractivity contribution in [1.29, 1.82) is 0 Å². The SMILES string of the molecule is O=C(CN1CC2CC(Oc3cc(F)cc(F)c3)CC2C1)c1ccc(O)cn1. The predicted octanol–water partition coefficient (Wildman–Crippen LogP) is 3.04. The van der Waals surface area contributed by atoms with E-state index in [0.717, 1.165) is 32.0 Å². The van der Waals surface area contributed by atoms with Gasteiger partial charge in [-0.1, -0.05) is 0 Å². The molecule has 5 nitrogen and oxygen atoms in total. The van der Waals surface area contributed by atoms with Gasteiger partial charge in [0.25, 0.3) is 0 Å². The average molecular weight is 374 g/mol. The Kier molecular flexibility index (Phi) is 4.78. The molecule has 27 heavy (non-hydrogen) atoms. The molecular formula is C20H20F2N2O3. The second-order valence-electron chi connectivity index (χ2n) is 7.36. The fourth-order valence-electron chi connectivity index (χ4n) is 4.19. The van der Waals surface area contributed by atoms with E-state index in [0.29, 0.717) is 24.1 Å². The van der Waals surface area contributed by atoms with Gasteiger partial charge in [0.2, 0.25) is 0 Å². The Balaban J connectivity index is 1.30. The Bertz CT molecular complexity index is 809. The second-order valence-corrected chi connectivity index (χ2v) is 7.36. The number of aromatic hydroxyl groups is 1. The van der Waals surface area contributed by atoms with Crippen LogP contribution in [0.5, 0.6) is 11.5 Å². The maximum atomic E-state index is 13.3. The van der Waals surface area contributed by atoms with Crippen LogP contribution in [0.4, 0.5) is 8.78 Å². The Morgan fingerprint density at radius 3 is 2.41 bits per heavy atom. The van der Waals surface area contributed by atoms with E-state index in [1.807, 2.05) is 0 Å². The van der Waals surface area contributed by atoms with Crippen LogP contribution in [0.2, 0.25) is 0 Å². The number of pyridine rings is 1. The standard InChI is InChI=1S/C20H20F2N2O3/c21-14-5-15(22)7-18(6-14)27-17-3-12-9-24(10-13(12)4-17)11-20(26)19-2-1-16(25)8-23-19/h1-2,5-8,12-13,17,25H,3-4,9-11H2. The van der Waals surface area contributed by atoms with Gasteiger partial charge in [0.1, 0.15) is 28.8 Å². The quantitative estimate of drug-likeness (QED) is 0.815. The van der Waals surface area contributed by atoms with Crippen molar-refractivity contribution in [3.63, 3.8) is 0 Å². The lowest BCUT2D eigenvalue weighted by Crippen LogP contribution is -2.30. The van der Waals surface area contributed by atoms with Crippen molar-refractivity contribution in [2.45, 2.75) is 18.9 Å². The van der Waals surface area contributed by atoms with Crippen LogP contribution in [-0.2, 0) is 0 Å². The number of aromatic nitrogens is 1. The number of ether oxygens (including phenoxy) is 1. The summed E-state index contributed by atoms with van der Waals surface area (Å²) in [5.74, 6) is -0.276. The van der Waals surface area contributed by atoms with Crippen LogP contribution in [0.1, 0.15) is 23.3 Å². The number of carbonyl (C=O) groups is 1. The third-order valence-corrected chi connectivity index (χ3v) is 5.32. The first-order chi connectivity index (χ1) is 13.0. The van der Waals surface area contributed by atoms with Gasteiger partial charge in [-0.15, -0.1) is 0 Å². The van der Waals surface area contributed by atoms with Crippen LogP contribution < -0.4 is 4.74 Å². The first-order valence-electron chi connectivity index (χ1n) is 8.99. The van der Waals surface area contributed by atoms with Crippen LogP contribution >= 0.6 is 0 Å². The molecule has 2 atom stereocenters. The van der Waals surface area contributed by atoms with Gasteiger partial charge in [-0.3, -0.25) is 9.69 Å². The first kappa shape index (κ1) is 17.9. The van der Waals surface area contributed by atoms with Crippen LogP contribution in [0, 0.1) is 23.5 Å². The van der Waals surface area contributed by atoms with Gasteiger partial charge >= 0.3 is 0 Å². The van der Waals surface area contributed by atoms with Gasteiger partial charge < -0.3 is 9.84 Å². The summed E-state index contributed by atoms with van der Waals surface area (Å²) in [5.41, 5.74) is 0.346. The zero-order chi connectivity index (χ0) is 19.0. The van der Waals surface area contributed by atoms with Gasteiger partial charge in [0, 0.05) is 31.3 Å². The Hall–Kier alpha value is -2.54. The van der Waals surface area contributed by atoms with Crippen LogP contribution in [0.3, 0.4) is 0 Å². The number of carbonyl (C=O) groups excluding carboxylic acids is 1. The molecule has 2 unspecified atom stereocenters. The van der Waals surface area contributed by atoms with Crippen molar-refractivity contribution in [2.24, 2.45) is 11.8 Å². The number of hydrogen-bond acceptors (Lipinski definition) is 5. The summed E-state index contributed by atoms with van der Waals surface area (Å²) in [4.78, 5) is 18.4. The first-order valence-corrected chi connectivity index (χ1v) is 8.99. The molecule has 0 spiro atoms. The smallest absolute Gasteiger partial charge is 0.195 e. The molecule has 1 N–H and O–H groups in total. The molecule has 1 aromatic carbocycles. The van der Waals surface area contributed by atoms with E-state index < -0.39 is 11.6 Å². The number of benzene rings is 1. The van der Waals surface area contributed by atoms with E-state index in [1.165, 1.54) is 30.5 Å². The summed E-state index contributed by atoms with van der Waals surface area (Å²) >= 11 is 0.